The third-order valence-corrected chi connectivity index (χ3v) is 6.68. The molecule has 146 valence electrons. The van der Waals surface area contributed by atoms with Gasteiger partial charge in [-0.2, -0.15) is 4.31 Å². The van der Waals surface area contributed by atoms with Crippen LogP contribution in [0.5, 0.6) is 0 Å². The van der Waals surface area contributed by atoms with Gasteiger partial charge in [0.1, 0.15) is 24.3 Å². The molecule has 4 rings (SSSR count). The van der Waals surface area contributed by atoms with Crippen molar-refractivity contribution in [1.82, 2.24) is 23.8 Å². The van der Waals surface area contributed by atoms with Gasteiger partial charge >= 0.3 is 0 Å². The lowest BCUT2D eigenvalue weighted by Crippen LogP contribution is -2.49. The van der Waals surface area contributed by atoms with E-state index in [0.29, 0.717) is 26.2 Å². The number of aromatic nitrogens is 4. The molecule has 0 atom stereocenters. The molecule has 3 aromatic rings. The SMILES string of the molecule is Cc1ccc(CS(=O)(=O)N2CCN(c3cc(-n4ccnc4)ncn3)CC2)cc1. The number of rotatable bonds is 5. The molecular weight excluding hydrogens is 376 g/mol. The van der Waals surface area contributed by atoms with Gasteiger partial charge in [-0.3, -0.25) is 4.57 Å². The largest absolute Gasteiger partial charge is 0.354 e. The Balaban J connectivity index is 1.42. The van der Waals surface area contributed by atoms with E-state index in [9.17, 15) is 8.42 Å². The van der Waals surface area contributed by atoms with Crippen molar-refractivity contribution in [3.8, 4) is 5.82 Å². The minimum atomic E-state index is -3.34. The molecule has 1 fully saturated rings. The summed E-state index contributed by atoms with van der Waals surface area (Å²) in [7, 11) is -3.34. The molecule has 1 aliphatic rings. The summed E-state index contributed by atoms with van der Waals surface area (Å²) >= 11 is 0. The van der Waals surface area contributed by atoms with Crippen LogP contribution in [0.3, 0.4) is 0 Å². The Hall–Kier alpha value is -2.78. The summed E-state index contributed by atoms with van der Waals surface area (Å²) < 4.78 is 28.9. The number of aryl methyl sites for hydroxylation is 1. The van der Waals surface area contributed by atoms with Gasteiger partial charge in [0, 0.05) is 44.6 Å². The molecule has 0 bridgehead atoms. The Morgan fingerprint density at radius 3 is 2.39 bits per heavy atom. The van der Waals surface area contributed by atoms with Crippen LogP contribution in [0, 0.1) is 6.92 Å². The van der Waals surface area contributed by atoms with Crippen molar-refractivity contribution in [1.29, 1.82) is 0 Å². The zero-order valence-electron chi connectivity index (χ0n) is 15.6. The first kappa shape index (κ1) is 18.6. The first-order chi connectivity index (χ1) is 13.5. The summed E-state index contributed by atoms with van der Waals surface area (Å²) in [5, 5.41) is 0. The fourth-order valence-electron chi connectivity index (χ4n) is 3.23. The Morgan fingerprint density at radius 2 is 1.71 bits per heavy atom. The monoisotopic (exact) mass is 398 g/mol. The van der Waals surface area contributed by atoms with Crippen molar-refractivity contribution in [3.63, 3.8) is 0 Å². The average Bonchev–Trinajstić information content (AvgIpc) is 3.25. The third-order valence-electron chi connectivity index (χ3n) is 4.83. The minimum Gasteiger partial charge on any atom is -0.354 e. The van der Waals surface area contributed by atoms with E-state index in [1.54, 1.807) is 16.8 Å². The second kappa shape index (κ2) is 7.69. The summed E-state index contributed by atoms with van der Waals surface area (Å²) in [4.78, 5) is 14.7. The summed E-state index contributed by atoms with van der Waals surface area (Å²) in [6.45, 7) is 4.06. The first-order valence-electron chi connectivity index (χ1n) is 9.10. The highest BCUT2D eigenvalue weighted by Gasteiger charge is 2.27. The van der Waals surface area contributed by atoms with Crippen molar-refractivity contribution in [2.45, 2.75) is 12.7 Å². The lowest BCUT2D eigenvalue weighted by Gasteiger charge is -2.34. The molecule has 9 heteroatoms. The topological polar surface area (TPSA) is 84.2 Å². The lowest BCUT2D eigenvalue weighted by molar-refractivity contribution is 0.383. The molecule has 0 unspecified atom stereocenters. The molecule has 0 aliphatic carbocycles. The Bertz CT molecular complexity index is 1030. The molecule has 0 saturated carbocycles. The van der Waals surface area contributed by atoms with Crippen molar-refractivity contribution in [2.75, 3.05) is 31.1 Å². The molecular formula is C19H22N6O2S. The molecule has 0 N–H and O–H groups in total. The lowest BCUT2D eigenvalue weighted by atomic mass is 10.2. The van der Waals surface area contributed by atoms with Gasteiger partial charge in [0.25, 0.3) is 0 Å². The van der Waals surface area contributed by atoms with E-state index in [1.807, 2.05) is 48.0 Å². The van der Waals surface area contributed by atoms with Crippen molar-refractivity contribution in [2.24, 2.45) is 0 Å². The maximum Gasteiger partial charge on any atom is 0.218 e. The van der Waals surface area contributed by atoms with Crippen LogP contribution in [-0.2, 0) is 15.8 Å². The smallest absolute Gasteiger partial charge is 0.218 e. The molecule has 1 aliphatic heterocycles. The maximum absolute atomic E-state index is 12.8. The Labute approximate surface area is 164 Å². The number of hydrogen-bond acceptors (Lipinski definition) is 6. The zero-order chi connectivity index (χ0) is 19.6. The molecule has 1 saturated heterocycles. The number of imidazole rings is 1. The molecule has 1 aromatic carbocycles. The van der Waals surface area contributed by atoms with E-state index in [2.05, 4.69) is 19.9 Å². The highest BCUT2D eigenvalue weighted by Crippen LogP contribution is 2.19. The fourth-order valence-corrected chi connectivity index (χ4v) is 4.74. The van der Waals surface area contributed by atoms with E-state index in [-0.39, 0.29) is 5.75 Å². The van der Waals surface area contributed by atoms with Crippen LogP contribution >= 0.6 is 0 Å². The van der Waals surface area contributed by atoms with Gasteiger partial charge in [0.05, 0.1) is 5.75 Å². The number of sulfonamides is 1. The van der Waals surface area contributed by atoms with E-state index < -0.39 is 10.0 Å². The molecule has 3 heterocycles. The van der Waals surface area contributed by atoms with Crippen LogP contribution in [0.15, 0.2) is 55.4 Å². The number of benzene rings is 1. The van der Waals surface area contributed by atoms with Crippen molar-refractivity contribution < 1.29 is 8.42 Å². The molecule has 28 heavy (non-hydrogen) atoms. The molecule has 0 radical (unpaired) electrons. The number of anilines is 1. The highest BCUT2D eigenvalue weighted by molar-refractivity contribution is 7.88. The van der Waals surface area contributed by atoms with E-state index in [4.69, 9.17) is 0 Å². The van der Waals surface area contributed by atoms with Gasteiger partial charge in [-0.25, -0.2) is 23.4 Å². The predicted octanol–water partition coefficient (Wildman–Crippen LogP) is 1.62. The maximum atomic E-state index is 12.8. The molecule has 8 nitrogen and oxygen atoms in total. The van der Waals surface area contributed by atoms with Gasteiger partial charge in [-0.15, -0.1) is 0 Å². The van der Waals surface area contributed by atoms with Gasteiger partial charge in [0.2, 0.25) is 10.0 Å². The number of piperazine rings is 1. The fraction of sp³-hybridized carbons (Fsp3) is 0.316. The van der Waals surface area contributed by atoms with Gasteiger partial charge in [-0.1, -0.05) is 29.8 Å². The minimum absolute atomic E-state index is 0.0333. The van der Waals surface area contributed by atoms with Crippen LogP contribution in [0.2, 0.25) is 0 Å². The summed E-state index contributed by atoms with van der Waals surface area (Å²) in [5.41, 5.74) is 1.93. The Morgan fingerprint density at radius 1 is 1.00 bits per heavy atom. The van der Waals surface area contributed by atoms with Crippen molar-refractivity contribution in [3.05, 3.63) is 66.5 Å². The number of hydrogen-bond donors (Lipinski definition) is 0. The second-order valence-corrected chi connectivity index (χ2v) is 8.80. The van der Waals surface area contributed by atoms with Gasteiger partial charge < -0.3 is 4.90 Å². The molecule has 0 amide bonds. The van der Waals surface area contributed by atoms with E-state index in [1.165, 1.54) is 6.33 Å². The average molecular weight is 398 g/mol. The Kier molecular flexibility index (Phi) is 5.10. The van der Waals surface area contributed by atoms with Crippen LogP contribution in [-0.4, -0.2) is 58.4 Å². The predicted molar refractivity (Wildman–Crippen MR) is 107 cm³/mol. The molecule has 2 aromatic heterocycles. The zero-order valence-corrected chi connectivity index (χ0v) is 16.5. The first-order valence-corrected chi connectivity index (χ1v) is 10.7. The van der Waals surface area contributed by atoms with Crippen LogP contribution in [0.25, 0.3) is 5.82 Å². The van der Waals surface area contributed by atoms with E-state index >= 15 is 0 Å². The third kappa shape index (κ3) is 4.05. The summed E-state index contributed by atoms with van der Waals surface area (Å²) in [6, 6.07) is 9.52. The van der Waals surface area contributed by atoms with E-state index in [0.717, 1.165) is 22.8 Å². The van der Waals surface area contributed by atoms with Gasteiger partial charge in [-0.05, 0) is 12.5 Å². The second-order valence-electron chi connectivity index (χ2n) is 6.83. The van der Waals surface area contributed by atoms with Crippen LogP contribution < -0.4 is 4.90 Å². The number of nitrogens with zero attached hydrogens (tertiary/aromatic N) is 6. The van der Waals surface area contributed by atoms with Crippen molar-refractivity contribution >= 4 is 15.8 Å². The van der Waals surface area contributed by atoms with Gasteiger partial charge in [0.15, 0.2) is 0 Å². The summed E-state index contributed by atoms with van der Waals surface area (Å²) in [6.07, 6.45) is 6.72. The quantitative estimate of drug-likeness (QED) is 0.649. The van der Waals surface area contributed by atoms with Crippen LogP contribution in [0.4, 0.5) is 5.82 Å². The van der Waals surface area contributed by atoms with Crippen LogP contribution in [0.1, 0.15) is 11.1 Å². The summed E-state index contributed by atoms with van der Waals surface area (Å²) in [5.74, 6) is 1.55. The standard InChI is InChI=1S/C19H22N6O2S/c1-16-2-4-17(5-3-16)13-28(26,27)25-10-8-23(9-11-25)18-12-19(22-14-21-18)24-7-6-20-15-24/h2-7,12,14-15H,8-11,13H2,1H3. The highest BCUT2D eigenvalue weighted by atomic mass is 32.2. The normalized spacial score (nSPS) is 15.7. The molecule has 0 spiro atoms.